The molecule has 10 nitrogen and oxygen atoms in total. The van der Waals surface area contributed by atoms with Crippen LogP contribution in [-0.4, -0.2) is 46.6 Å². The molecular weight excluding hydrogens is 428 g/mol. The average molecular weight is 453 g/mol. The Bertz CT molecular complexity index is 1410. The predicted molar refractivity (Wildman–Crippen MR) is 126 cm³/mol. The molecule has 0 aliphatic carbocycles. The van der Waals surface area contributed by atoms with Gasteiger partial charge < -0.3 is 15.6 Å². The van der Waals surface area contributed by atoms with Crippen molar-refractivity contribution in [3.05, 3.63) is 53.7 Å². The van der Waals surface area contributed by atoms with Gasteiger partial charge in [-0.2, -0.15) is 0 Å². The molecule has 0 fully saturated rings. The highest BCUT2D eigenvalue weighted by molar-refractivity contribution is 7.92. The Morgan fingerprint density at radius 3 is 2.41 bits per heavy atom. The highest BCUT2D eigenvalue weighted by atomic mass is 32.2. The molecule has 0 atom stereocenters. The molecule has 1 aromatic carbocycles. The summed E-state index contributed by atoms with van der Waals surface area (Å²) in [4.78, 5) is 21.1. The van der Waals surface area contributed by atoms with E-state index in [1.165, 1.54) is 11.4 Å². The fourth-order valence-corrected chi connectivity index (χ4v) is 3.69. The fourth-order valence-electron chi connectivity index (χ4n) is 3.18. The summed E-state index contributed by atoms with van der Waals surface area (Å²) >= 11 is 0. The maximum Gasteiger partial charge on any atom is 0.232 e. The molecular formula is C21H24N8O2S. The van der Waals surface area contributed by atoms with Gasteiger partial charge in [-0.25, -0.2) is 23.4 Å². The number of nitrogens with one attached hydrogen (secondary N) is 3. The number of aromatic nitrogens is 5. The number of H-pyrrole nitrogens is 1. The number of aromatic amines is 1. The van der Waals surface area contributed by atoms with Crippen molar-refractivity contribution in [3.8, 4) is 0 Å². The van der Waals surface area contributed by atoms with Crippen molar-refractivity contribution in [2.24, 2.45) is 0 Å². The third-order valence-electron chi connectivity index (χ3n) is 5.03. The van der Waals surface area contributed by atoms with Crippen molar-refractivity contribution in [2.75, 3.05) is 28.2 Å². The Balaban J connectivity index is 1.77. The van der Waals surface area contributed by atoms with Crippen LogP contribution in [0.3, 0.4) is 0 Å². The maximum atomic E-state index is 12.1. The molecule has 0 aliphatic rings. The number of benzene rings is 1. The van der Waals surface area contributed by atoms with Crippen molar-refractivity contribution >= 4 is 49.9 Å². The van der Waals surface area contributed by atoms with Crippen LogP contribution in [0, 0.1) is 20.8 Å². The summed E-state index contributed by atoms with van der Waals surface area (Å²) in [5.74, 6) is 1.81. The quantitative estimate of drug-likeness (QED) is 0.405. The molecule has 0 saturated carbocycles. The first-order valence-electron chi connectivity index (χ1n) is 9.86. The molecule has 0 amide bonds. The van der Waals surface area contributed by atoms with Crippen molar-refractivity contribution < 1.29 is 8.42 Å². The molecule has 166 valence electrons. The van der Waals surface area contributed by atoms with E-state index in [9.17, 15) is 8.42 Å². The number of aryl methyl sites for hydroxylation is 3. The average Bonchev–Trinajstić information content (AvgIpc) is 3.10. The van der Waals surface area contributed by atoms with Gasteiger partial charge in [0.05, 0.1) is 40.9 Å². The number of pyridine rings is 1. The molecule has 4 aromatic rings. The van der Waals surface area contributed by atoms with Crippen molar-refractivity contribution in [1.29, 1.82) is 0 Å². The summed E-state index contributed by atoms with van der Waals surface area (Å²) in [5, 5.41) is 6.51. The van der Waals surface area contributed by atoms with Gasteiger partial charge in [0.15, 0.2) is 5.65 Å². The highest BCUT2D eigenvalue weighted by Crippen LogP contribution is 2.33. The van der Waals surface area contributed by atoms with Crippen LogP contribution in [0.4, 0.5) is 28.7 Å². The molecule has 0 spiro atoms. The summed E-state index contributed by atoms with van der Waals surface area (Å²) in [7, 11) is -1.92. The number of sulfonamides is 1. The Morgan fingerprint density at radius 1 is 0.938 bits per heavy atom. The van der Waals surface area contributed by atoms with Crippen molar-refractivity contribution in [3.63, 3.8) is 0 Å². The minimum atomic E-state index is -3.43. The first kappa shape index (κ1) is 21.5. The molecule has 4 rings (SSSR count). The van der Waals surface area contributed by atoms with E-state index in [1.54, 1.807) is 24.4 Å². The Labute approximate surface area is 186 Å². The van der Waals surface area contributed by atoms with E-state index in [4.69, 9.17) is 0 Å². The zero-order valence-electron chi connectivity index (χ0n) is 18.4. The van der Waals surface area contributed by atoms with E-state index in [2.05, 4.69) is 35.6 Å². The van der Waals surface area contributed by atoms with Crippen molar-refractivity contribution in [2.45, 2.75) is 20.8 Å². The Kier molecular flexibility index (Phi) is 5.43. The van der Waals surface area contributed by atoms with Gasteiger partial charge in [0, 0.05) is 13.1 Å². The van der Waals surface area contributed by atoms with Crippen LogP contribution in [0.2, 0.25) is 0 Å². The predicted octanol–water partition coefficient (Wildman–Crippen LogP) is 3.56. The minimum Gasteiger partial charge on any atom is -0.352 e. The molecule has 0 saturated heterocycles. The van der Waals surface area contributed by atoms with Crippen LogP contribution in [0.5, 0.6) is 0 Å². The summed E-state index contributed by atoms with van der Waals surface area (Å²) in [6.45, 7) is 5.64. The Morgan fingerprint density at radius 2 is 1.69 bits per heavy atom. The summed E-state index contributed by atoms with van der Waals surface area (Å²) < 4.78 is 25.4. The van der Waals surface area contributed by atoms with Crippen LogP contribution in [-0.2, 0) is 10.0 Å². The van der Waals surface area contributed by atoms with Gasteiger partial charge in [-0.05, 0) is 32.9 Å². The smallest absolute Gasteiger partial charge is 0.232 e. The molecule has 3 heterocycles. The topological polar surface area (TPSA) is 129 Å². The second kappa shape index (κ2) is 8.08. The lowest BCUT2D eigenvalue weighted by Gasteiger charge is -2.21. The molecule has 0 unspecified atom stereocenters. The molecule has 0 radical (unpaired) electrons. The van der Waals surface area contributed by atoms with Gasteiger partial charge in [0.1, 0.15) is 23.0 Å². The van der Waals surface area contributed by atoms with E-state index in [1.807, 2.05) is 32.9 Å². The number of rotatable bonds is 6. The van der Waals surface area contributed by atoms with Gasteiger partial charge in [0.2, 0.25) is 10.0 Å². The lowest BCUT2D eigenvalue weighted by molar-refractivity contribution is 0.600. The fraction of sp³-hybridized carbons (Fsp3) is 0.238. The molecule has 0 bridgehead atoms. The van der Waals surface area contributed by atoms with Gasteiger partial charge in [-0.15, -0.1) is 0 Å². The first-order chi connectivity index (χ1) is 15.1. The molecule has 32 heavy (non-hydrogen) atoms. The molecule has 0 aliphatic heterocycles. The lowest BCUT2D eigenvalue weighted by atomic mass is 10.2. The Hall–Kier alpha value is -3.73. The normalized spacial score (nSPS) is 11.5. The largest absolute Gasteiger partial charge is 0.352 e. The van der Waals surface area contributed by atoms with E-state index >= 15 is 0 Å². The van der Waals surface area contributed by atoms with Crippen LogP contribution in [0.25, 0.3) is 11.2 Å². The van der Waals surface area contributed by atoms with E-state index < -0.39 is 10.0 Å². The summed E-state index contributed by atoms with van der Waals surface area (Å²) in [5.41, 5.74) is 4.69. The number of fused-ring (bicyclic) bond motifs is 1. The number of hydrogen-bond acceptors (Lipinski definition) is 8. The molecule has 11 heteroatoms. The standard InChI is InChI=1S/C21H24N8O2S/c1-12-13(2)23-19(11-22-12)27-18-10-16(20-21(28-18)25-14(3)24-20)26-15-8-6-7-9-17(15)29(4)32(5,30)31/h6-11H,1-5H3,(H3,23,24,25,26,27,28). The highest BCUT2D eigenvalue weighted by Gasteiger charge is 2.17. The summed E-state index contributed by atoms with van der Waals surface area (Å²) in [6, 6.07) is 8.97. The number of anilines is 5. The number of para-hydroxylation sites is 2. The van der Waals surface area contributed by atoms with E-state index in [0.29, 0.717) is 45.7 Å². The number of imidazole rings is 1. The van der Waals surface area contributed by atoms with E-state index in [0.717, 1.165) is 17.6 Å². The van der Waals surface area contributed by atoms with Crippen molar-refractivity contribution in [1.82, 2.24) is 24.9 Å². The second-order valence-electron chi connectivity index (χ2n) is 7.50. The third kappa shape index (κ3) is 4.33. The number of nitrogens with zero attached hydrogens (tertiary/aromatic N) is 5. The van der Waals surface area contributed by atoms with Crippen LogP contribution < -0.4 is 14.9 Å². The minimum absolute atomic E-state index is 0.516. The third-order valence-corrected chi connectivity index (χ3v) is 6.22. The SMILES string of the molecule is Cc1nc2c(Nc3ccccc3N(C)S(C)(=O)=O)cc(Nc3cnc(C)c(C)n3)nc2[nH]1. The maximum absolute atomic E-state index is 12.1. The van der Waals surface area contributed by atoms with E-state index in [-0.39, 0.29) is 0 Å². The second-order valence-corrected chi connectivity index (χ2v) is 9.51. The summed E-state index contributed by atoms with van der Waals surface area (Å²) in [6.07, 6.45) is 2.81. The van der Waals surface area contributed by atoms with Crippen LogP contribution in [0.15, 0.2) is 36.5 Å². The van der Waals surface area contributed by atoms with Crippen LogP contribution >= 0.6 is 0 Å². The first-order valence-corrected chi connectivity index (χ1v) is 11.7. The zero-order valence-corrected chi connectivity index (χ0v) is 19.2. The number of hydrogen-bond donors (Lipinski definition) is 3. The molecule has 3 aromatic heterocycles. The van der Waals surface area contributed by atoms with Gasteiger partial charge in [-0.3, -0.25) is 9.29 Å². The zero-order chi connectivity index (χ0) is 23.0. The van der Waals surface area contributed by atoms with Gasteiger partial charge >= 0.3 is 0 Å². The van der Waals surface area contributed by atoms with Crippen LogP contribution in [0.1, 0.15) is 17.2 Å². The van der Waals surface area contributed by atoms with Gasteiger partial charge in [-0.1, -0.05) is 12.1 Å². The van der Waals surface area contributed by atoms with Gasteiger partial charge in [0.25, 0.3) is 0 Å². The lowest BCUT2D eigenvalue weighted by Crippen LogP contribution is -2.25. The monoisotopic (exact) mass is 452 g/mol. The molecule has 3 N–H and O–H groups in total.